The summed E-state index contributed by atoms with van der Waals surface area (Å²) in [6.45, 7) is -3.11. The largest absolute Gasteiger partial charge is 0.432 e. The molecule has 0 aliphatic carbocycles. The Morgan fingerprint density at radius 2 is 1.90 bits per heavy atom. The van der Waals surface area contributed by atoms with Crippen LogP contribution in [-0.2, 0) is 0 Å². The lowest BCUT2D eigenvalue weighted by Crippen LogP contribution is -2.13. The summed E-state index contributed by atoms with van der Waals surface area (Å²) in [5.74, 6) is -1.96. The summed E-state index contributed by atoms with van der Waals surface area (Å²) in [5.41, 5.74) is 0.588. The number of rotatable bonds is 4. The summed E-state index contributed by atoms with van der Waals surface area (Å²) < 4.78 is 42.3. The van der Waals surface area contributed by atoms with Crippen molar-refractivity contribution in [3.63, 3.8) is 0 Å². The molecule has 1 amide bonds. The molecular formula is C14H9F3INO2. The molecule has 0 saturated heterocycles. The van der Waals surface area contributed by atoms with E-state index in [-0.39, 0.29) is 5.69 Å². The van der Waals surface area contributed by atoms with Crippen LogP contribution in [0.5, 0.6) is 5.75 Å². The average Bonchev–Trinajstić information content (AvgIpc) is 2.42. The number of carbonyl (C=O) groups is 1. The minimum absolute atomic E-state index is 0.152. The van der Waals surface area contributed by atoms with Gasteiger partial charge in [-0.25, -0.2) is 4.39 Å². The Labute approximate surface area is 132 Å². The van der Waals surface area contributed by atoms with E-state index < -0.39 is 24.1 Å². The molecule has 0 heterocycles. The van der Waals surface area contributed by atoms with Crippen LogP contribution >= 0.6 is 22.6 Å². The molecule has 21 heavy (non-hydrogen) atoms. The van der Waals surface area contributed by atoms with Crippen molar-refractivity contribution >= 4 is 34.2 Å². The first kappa shape index (κ1) is 15.6. The van der Waals surface area contributed by atoms with E-state index >= 15 is 0 Å². The molecule has 0 radical (unpaired) electrons. The zero-order chi connectivity index (χ0) is 15.4. The molecule has 0 fully saturated rings. The second-order valence-electron chi connectivity index (χ2n) is 3.96. The van der Waals surface area contributed by atoms with Crippen molar-refractivity contribution in [3.05, 3.63) is 57.4 Å². The lowest BCUT2D eigenvalue weighted by atomic mass is 10.2. The summed E-state index contributed by atoms with van der Waals surface area (Å²) in [4.78, 5) is 12.0. The predicted molar refractivity (Wildman–Crippen MR) is 80.1 cm³/mol. The number of anilines is 1. The Bertz CT molecular complexity index is 664. The van der Waals surface area contributed by atoms with E-state index in [0.29, 0.717) is 5.56 Å². The molecule has 0 aliphatic rings. The second-order valence-corrected chi connectivity index (χ2v) is 5.12. The Kier molecular flexibility index (Phi) is 5.05. The minimum atomic E-state index is -3.11. The van der Waals surface area contributed by atoms with Crippen LogP contribution in [0.3, 0.4) is 0 Å². The fourth-order valence-corrected chi connectivity index (χ4v) is 2.25. The van der Waals surface area contributed by atoms with Gasteiger partial charge in [-0.3, -0.25) is 4.79 Å². The van der Waals surface area contributed by atoms with Gasteiger partial charge in [0.25, 0.3) is 5.91 Å². The number of halogens is 4. The number of amides is 1. The first-order valence-electron chi connectivity index (χ1n) is 5.77. The number of benzene rings is 2. The highest BCUT2D eigenvalue weighted by Crippen LogP contribution is 2.23. The Hall–Kier alpha value is -1.77. The van der Waals surface area contributed by atoms with Gasteiger partial charge >= 0.3 is 6.61 Å². The van der Waals surface area contributed by atoms with Gasteiger partial charge in [0.2, 0.25) is 0 Å². The van der Waals surface area contributed by atoms with Crippen molar-refractivity contribution in [3.8, 4) is 5.75 Å². The van der Waals surface area contributed by atoms with Crippen LogP contribution in [0.4, 0.5) is 18.9 Å². The maximum atomic E-state index is 13.5. The van der Waals surface area contributed by atoms with Crippen LogP contribution in [0.2, 0.25) is 0 Å². The van der Waals surface area contributed by atoms with E-state index in [1.54, 1.807) is 24.3 Å². The van der Waals surface area contributed by atoms with E-state index in [1.807, 2.05) is 22.6 Å². The topological polar surface area (TPSA) is 38.3 Å². The molecule has 110 valence electrons. The zero-order valence-corrected chi connectivity index (χ0v) is 12.6. The lowest BCUT2D eigenvalue weighted by molar-refractivity contribution is -0.0521. The molecule has 0 bridgehead atoms. The maximum Gasteiger partial charge on any atom is 0.387 e. The van der Waals surface area contributed by atoms with Gasteiger partial charge in [0, 0.05) is 15.3 Å². The number of carbonyl (C=O) groups excluding carboxylic acids is 1. The number of hydrogen-bond acceptors (Lipinski definition) is 2. The van der Waals surface area contributed by atoms with Crippen molar-refractivity contribution in [1.82, 2.24) is 0 Å². The number of hydrogen-bond donors (Lipinski definition) is 1. The third-order valence-corrected chi connectivity index (χ3v) is 3.46. The van der Waals surface area contributed by atoms with E-state index in [4.69, 9.17) is 0 Å². The Morgan fingerprint density at radius 3 is 2.52 bits per heavy atom. The van der Waals surface area contributed by atoms with Gasteiger partial charge < -0.3 is 10.1 Å². The summed E-state index contributed by atoms with van der Waals surface area (Å²) in [6.07, 6.45) is 0. The molecule has 0 spiro atoms. The maximum absolute atomic E-state index is 13.5. The van der Waals surface area contributed by atoms with Gasteiger partial charge in [0.1, 0.15) is 0 Å². The lowest BCUT2D eigenvalue weighted by Gasteiger charge is -2.09. The van der Waals surface area contributed by atoms with Crippen molar-refractivity contribution in [1.29, 1.82) is 0 Å². The normalized spacial score (nSPS) is 10.5. The fraction of sp³-hybridized carbons (Fsp3) is 0.0714. The summed E-state index contributed by atoms with van der Waals surface area (Å²) in [5, 5.41) is 2.49. The highest BCUT2D eigenvalue weighted by Gasteiger charge is 2.13. The monoisotopic (exact) mass is 407 g/mol. The fourth-order valence-electron chi connectivity index (χ4n) is 1.61. The second kappa shape index (κ2) is 6.79. The summed E-state index contributed by atoms with van der Waals surface area (Å²) in [7, 11) is 0. The highest BCUT2D eigenvalue weighted by molar-refractivity contribution is 14.1. The van der Waals surface area contributed by atoms with Crippen LogP contribution in [0.1, 0.15) is 10.4 Å². The molecule has 0 aromatic heterocycles. The SMILES string of the molecule is O=C(Nc1ccc(OC(F)F)c(F)c1)c1ccccc1I. The summed E-state index contributed by atoms with van der Waals surface area (Å²) in [6, 6.07) is 10.1. The van der Waals surface area contributed by atoms with Gasteiger partial charge in [0.15, 0.2) is 11.6 Å². The van der Waals surface area contributed by atoms with E-state index in [9.17, 15) is 18.0 Å². The molecule has 2 aromatic rings. The third kappa shape index (κ3) is 4.10. The van der Waals surface area contributed by atoms with E-state index in [2.05, 4.69) is 10.1 Å². The number of nitrogens with one attached hydrogen (secondary N) is 1. The first-order chi connectivity index (χ1) is 9.97. The van der Waals surface area contributed by atoms with Crippen molar-refractivity contribution in [2.45, 2.75) is 6.61 Å². The van der Waals surface area contributed by atoms with Crippen molar-refractivity contribution in [2.75, 3.05) is 5.32 Å². The van der Waals surface area contributed by atoms with Gasteiger partial charge in [-0.15, -0.1) is 0 Å². The van der Waals surface area contributed by atoms with E-state index in [0.717, 1.165) is 15.7 Å². The standard InChI is InChI=1S/C14H9F3INO2/c15-10-7-8(5-6-12(10)21-14(16)17)19-13(20)9-3-1-2-4-11(9)18/h1-7,14H,(H,19,20). The zero-order valence-electron chi connectivity index (χ0n) is 10.4. The predicted octanol–water partition coefficient (Wildman–Crippen LogP) is 4.28. The average molecular weight is 407 g/mol. The molecule has 2 rings (SSSR count). The van der Waals surface area contributed by atoms with Crippen molar-refractivity contribution in [2.24, 2.45) is 0 Å². The van der Waals surface area contributed by atoms with Crippen molar-refractivity contribution < 1.29 is 22.7 Å². The molecule has 0 atom stereocenters. The van der Waals surface area contributed by atoms with E-state index in [1.165, 1.54) is 6.07 Å². The summed E-state index contributed by atoms with van der Waals surface area (Å²) >= 11 is 2.01. The molecule has 0 saturated carbocycles. The van der Waals surface area contributed by atoms with Crippen LogP contribution in [0.25, 0.3) is 0 Å². The molecule has 7 heteroatoms. The van der Waals surface area contributed by atoms with Gasteiger partial charge in [-0.1, -0.05) is 12.1 Å². The van der Waals surface area contributed by atoms with Crippen LogP contribution in [0, 0.1) is 9.39 Å². The van der Waals surface area contributed by atoms with Crippen LogP contribution in [-0.4, -0.2) is 12.5 Å². The van der Waals surface area contributed by atoms with Gasteiger partial charge in [-0.2, -0.15) is 8.78 Å². The minimum Gasteiger partial charge on any atom is -0.432 e. The smallest absolute Gasteiger partial charge is 0.387 e. The molecular weight excluding hydrogens is 398 g/mol. The molecule has 0 aliphatic heterocycles. The molecule has 0 unspecified atom stereocenters. The van der Waals surface area contributed by atoms with Gasteiger partial charge in [0.05, 0.1) is 5.56 Å². The number of ether oxygens (including phenoxy) is 1. The molecule has 2 aromatic carbocycles. The molecule has 3 nitrogen and oxygen atoms in total. The Morgan fingerprint density at radius 1 is 1.19 bits per heavy atom. The highest BCUT2D eigenvalue weighted by atomic mass is 127. The number of alkyl halides is 2. The Balaban J connectivity index is 2.15. The third-order valence-electron chi connectivity index (χ3n) is 2.52. The molecule has 1 N–H and O–H groups in total. The first-order valence-corrected chi connectivity index (χ1v) is 6.85. The quantitative estimate of drug-likeness (QED) is 0.769. The van der Waals surface area contributed by atoms with Crippen LogP contribution < -0.4 is 10.1 Å². The van der Waals surface area contributed by atoms with Gasteiger partial charge in [-0.05, 0) is 46.9 Å². The van der Waals surface area contributed by atoms with Crippen LogP contribution in [0.15, 0.2) is 42.5 Å².